The van der Waals surface area contributed by atoms with Gasteiger partial charge in [-0.05, 0) is 104 Å². The molecule has 360 valence electrons. The van der Waals surface area contributed by atoms with Crippen molar-refractivity contribution >= 4 is 22.3 Å². The van der Waals surface area contributed by atoms with Crippen molar-refractivity contribution in [3.63, 3.8) is 0 Å². The average molecular weight is 926 g/mol. The quantitative estimate of drug-likeness (QED) is 0.119. The molecule has 18 nitrogen and oxygen atoms in total. The molecular weight excluding hydrogens is 859 g/mol. The Hall–Kier alpha value is -2.95. The van der Waals surface area contributed by atoms with Gasteiger partial charge in [0.05, 0.1) is 18.8 Å². The van der Waals surface area contributed by atoms with Crippen LogP contribution >= 0.6 is 0 Å². The van der Waals surface area contributed by atoms with Crippen molar-refractivity contribution in [3.05, 3.63) is 34.9 Å². The maximum absolute atomic E-state index is 12.9. The van der Waals surface area contributed by atoms with E-state index in [9.17, 15) is 40.2 Å². The number of ether oxygens (including phenoxy) is 4. The second kappa shape index (κ2) is 15.8. The number of benzene rings is 1. The van der Waals surface area contributed by atoms with Crippen LogP contribution in [0.4, 0.5) is 0 Å². The molecule has 4 aliphatic carbocycles. The van der Waals surface area contributed by atoms with E-state index >= 15 is 0 Å². The number of fused-ring (bicyclic) bond motifs is 6. The third-order valence-electron chi connectivity index (χ3n) is 17.1. The fraction of sp³-hybridized carbons (Fsp3) is 0.778. The van der Waals surface area contributed by atoms with Gasteiger partial charge in [0, 0.05) is 66.3 Å². The molecule has 64 heavy (non-hydrogen) atoms. The average Bonchev–Trinajstić information content (AvgIpc) is 3.36. The van der Waals surface area contributed by atoms with Gasteiger partial charge in [0.2, 0.25) is 5.79 Å². The molecule has 14 atom stereocenters. The first-order chi connectivity index (χ1) is 29.4. The largest absolute Gasteiger partial charge is 0.495 e. The van der Waals surface area contributed by atoms with Gasteiger partial charge in [0.1, 0.15) is 45.1 Å². The zero-order valence-corrected chi connectivity index (χ0v) is 38.7. The van der Waals surface area contributed by atoms with E-state index in [2.05, 4.69) is 11.8 Å². The molecule has 4 heterocycles. The molecule has 1 aromatic carbocycles. The number of piperidine rings is 2. The van der Waals surface area contributed by atoms with E-state index in [4.69, 9.17) is 41.6 Å². The number of carboxylic acids is 1. The zero-order valence-electron chi connectivity index (χ0n) is 37.9. The molecule has 8 aliphatic rings. The lowest BCUT2D eigenvalue weighted by Crippen LogP contribution is -2.85. The minimum absolute atomic E-state index is 0.0606. The Labute approximate surface area is 374 Å². The number of aliphatic hydroxyl groups is 6. The number of allylic oxidation sites excluding steroid dienone is 1. The molecule has 1 aromatic rings. The van der Waals surface area contributed by atoms with Gasteiger partial charge in [-0.3, -0.25) is 14.0 Å². The van der Waals surface area contributed by atoms with E-state index in [-0.39, 0.29) is 36.6 Å². The molecule has 0 radical (unpaired) electrons. The molecule has 0 amide bonds. The van der Waals surface area contributed by atoms with Crippen LogP contribution in [0.2, 0.25) is 0 Å². The number of hydrogen-bond acceptors (Lipinski definition) is 15. The van der Waals surface area contributed by atoms with Crippen LogP contribution in [0.1, 0.15) is 122 Å². The van der Waals surface area contributed by atoms with Crippen molar-refractivity contribution in [1.29, 1.82) is 0 Å². The maximum atomic E-state index is 12.9. The summed E-state index contributed by atoms with van der Waals surface area (Å²) >= 11 is 0. The molecule has 19 heteroatoms. The standard InChI is InChI=1S/C32H49NO9.C13H16O4.H2O4S/c1-6-18(3)25(35)41-24-11-12-26(4)19-8-9-20-28(37)13-23(34)31(39)21(29(28,38)16-30(20,26)42-32(19,24)40)15-33-14-17(2)7-10-22(33)27(31,5)36;1-13(2)7-6-8-10(17-13)5-4-9(12(14)15)11(8)16-3;1-5(2,3)4/h6,17,19-24,34,36-40H,7-16H2,1-5H3;4-5H,6-7H2,1-3H3,(H,14,15);(H2,1,2,3,4). The Balaban J connectivity index is 0.000000230. The van der Waals surface area contributed by atoms with Crippen LogP contribution < -0.4 is 9.47 Å². The summed E-state index contributed by atoms with van der Waals surface area (Å²) in [5, 5.41) is 83.0. The summed E-state index contributed by atoms with van der Waals surface area (Å²) in [7, 11) is -3.18. The van der Waals surface area contributed by atoms with Gasteiger partial charge >= 0.3 is 22.3 Å². The van der Waals surface area contributed by atoms with Gasteiger partial charge in [-0.25, -0.2) is 9.59 Å². The topological polar surface area (TPSA) is 291 Å². The second-order valence-corrected chi connectivity index (χ2v) is 21.8. The van der Waals surface area contributed by atoms with E-state index in [1.54, 1.807) is 32.9 Å². The summed E-state index contributed by atoms with van der Waals surface area (Å²) in [6.07, 6.45) is 3.91. The lowest BCUT2D eigenvalue weighted by atomic mass is 9.49. The summed E-state index contributed by atoms with van der Waals surface area (Å²) < 4.78 is 55.2. The fourth-order valence-electron chi connectivity index (χ4n) is 13.9. The highest BCUT2D eigenvalue weighted by Crippen LogP contribution is 2.78. The molecule has 4 bridgehead atoms. The third kappa shape index (κ3) is 7.13. The van der Waals surface area contributed by atoms with Crippen LogP contribution in [0.5, 0.6) is 11.5 Å². The Bertz CT molecular complexity index is 2170. The number of carboxylic acid groups (broad SMARTS) is 1. The smallest absolute Gasteiger partial charge is 0.394 e. The summed E-state index contributed by atoms with van der Waals surface area (Å²) in [5.74, 6) is -3.88. The van der Waals surface area contributed by atoms with E-state index < -0.39 is 91.5 Å². The van der Waals surface area contributed by atoms with Crippen molar-refractivity contribution in [2.24, 2.45) is 29.1 Å². The first-order valence-corrected chi connectivity index (χ1v) is 23.7. The van der Waals surface area contributed by atoms with Crippen LogP contribution in [-0.4, -0.2) is 148 Å². The number of carbonyl (C=O) groups excluding carboxylic acids is 1. The van der Waals surface area contributed by atoms with Crippen LogP contribution in [0.25, 0.3) is 0 Å². The van der Waals surface area contributed by atoms with Crippen molar-refractivity contribution < 1.29 is 81.8 Å². The summed E-state index contributed by atoms with van der Waals surface area (Å²) in [4.78, 5) is 26.0. The van der Waals surface area contributed by atoms with Crippen molar-refractivity contribution in [3.8, 4) is 11.5 Å². The van der Waals surface area contributed by atoms with E-state index in [1.807, 2.05) is 20.8 Å². The molecule has 9 N–H and O–H groups in total. The monoisotopic (exact) mass is 925 g/mol. The fourth-order valence-corrected chi connectivity index (χ4v) is 13.9. The van der Waals surface area contributed by atoms with Gasteiger partial charge in [-0.1, -0.05) is 19.9 Å². The van der Waals surface area contributed by atoms with Gasteiger partial charge in [0.25, 0.3) is 0 Å². The second-order valence-electron chi connectivity index (χ2n) is 20.9. The Morgan fingerprint density at radius 2 is 1.55 bits per heavy atom. The first kappa shape index (κ1) is 49.0. The van der Waals surface area contributed by atoms with Gasteiger partial charge in [-0.15, -0.1) is 0 Å². The molecule has 1 spiro atoms. The third-order valence-corrected chi connectivity index (χ3v) is 17.1. The predicted molar refractivity (Wildman–Crippen MR) is 227 cm³/mol. The Morgan fingerprint density at radius 3 is 2.16 bits per heavy atom. The summed E-state index contributed by atoms with van der Waals surface area (Å²) in [5.41, 5.74) is -8.12. The van der Waals surface area contributed by atoms with Gasteiger partial charge in [-0.2, -0.15) is 8.42 Å². The van der Waals surface area contributed by atoms with E-state index in [1.165, 1.54) is 13.2 Å². The normalized spacial score (nSPS) is 44.9. The highest BCUT2D eigenvalue weighted by atomic mass is 32.3. The van der Waals surface area contributed by atoms with Gasteiger partial charge in [0.15, 0.2) is 6.10 Å². The number of aromatic carboxylic acids is 1. The minimum Gasteiger partial charge on any atom is -0.495 e. The molecule has 3 saturated heterocycles. The predicted octanol–water partition coefficient (Wildman–Crippen LogP) is 2.84. The highest BCUT2D eigenvalue weighted by Gasteiger charge is 2.88. The van der Waals surface area contributed by atoms with E-state index in [0.717, 1.165) is 30.6 Å². The Kier molecular flexibility index (Phi) is 12.1. The summed E-state index contributed by atoms with van der Waals surface area (Å²) in [6, 6.07) is 2.85. The minimum atomic E-state index is -4.67. The van der Waals surface area contributed by atoms with Crippen LogP contribution in [0.15, 0.2) is 23.8 Å². The summed E-state index contributed by atoms with van der Waals surface area (Å²) in [6.45, 7) is 14.1. The molecule has 7 fully saturated rings. The number of hydrogen-bond donors (Lipinski definition) is 9. The lowest BCUT2D eigenvalue weighted by molar-refractivity contribution is -0.354. The lowest BCUT2D eigenvalue weighted by Gasteiger charge is -2.68. The maximum Gasteiger partial charge on any atom is 0.394 e. The number of aliphatic hydroxyl groups excluding tert-OH is 1. The molecule has 0 aromatic heterocycles. The first-order valence-electron chi connectivity index (χ1n) is 22.3. The molecule has 4 aliphatic heterocycles. The van der Waals surface area contributed by atoms with Crippen LogP contribution in [-0.2, 0) is 31.1 Å². The Morgan fingerprint density at radius 1 is 0.906 bits per heavy atom. The zero-order chi connectivity index (χ0) is 47.6. The SMILES string of the molecule is CC=C(C)C(=O)OC1CCC2(C)C3CCC4C5(O)CC(O)C6(O)C(CN7CC(C)CCC7C6(C)O)C5(O)CC42OC13O.COc1c(C(=O)O)ccc2c1CCC(C)(C)O2.O=S(=O)(O)O. The molecule has 4 saturated carbocycles. The molecular formula is C45H67NO17S. The van der Waals surface area contributed by atoms with E-state index in [0.29, 0.717) is 55.9 Å². The number of nitrogens with zero attached hydrogens (tertiary/aromatic N) is 1. The molecule has 9 rings (SSSR count). The number of esters is 1. The number of carbonyl (C=O) groups is 2. The van der Waals surface area contributed by atoms with Crippen LogP contribution in [0.3, 0.4) is 0 Å². The van der Waals surface area contributed by atoms with Crippen molar-refractivity contribution in [2.75, 3.05) is 20.2 Å². The number of methoxy groups -OCH3 is 1. The number of rotatable bonds is 4. The molecule has 14 unspecified atom stereocenters. The van der Waals surface area contributed by atoms with Crippen molar-refractivity contribution in [2.45, 2.75) is 170 Å². The van der Waals surface area contributed by atoms with Crippen LogP contribution in [0, 0.1) is 29.1 Å². The van der Waals surface area contributed by atoms with Crippen molar-refractivity contribution in [1.82, 2.24) is 4.90 Å². The highest BCUT2D eigenvalue weighted by molar-refractivity contribution is 7.79. The van der Waals surface area contributed by atoms with Gasteiger partial charge < -0.3 is 54.7 Å².